The van der Waals surface area contributed by atoms with Crippen LogP contribution in [0.2, 0.25) is 0 Å². The second-order valence-corrected chi connectivity index (χ2v) is 9.90. The first kappa shape index (κ1) is 28.9. The molecule has 0 aromatic carbocycles. The fourth-order valence-electron chi connectivity index (χ4n) is 3.27. The van der Waals surface area contributed by atoms with Crippen molar-refractivity contribution in [3.63, 3.8) is 0 Å². The number of carbonyl (C=O) groups excluding carboxylic acids is 2. The number of carbonyl (C=O) groups is 2. The minimum Gasteiger partial charge on any atom is -0.462 e. The highest BCUT2D eigenvalue weighted by Crippen LogP contribution is 2.07. The molecule has 0 aliphatic carbocycles. The molecule has 0 aromatic rings. The van der Waals surface area contributed by atoms with Crippen LogP contribution < -0.4 is 0 Å². The zero-order valence-electron chi connectivity index (χ0n) is 20.8. The van der Waals surface area contributed by atoms with Gasteiger partial charge in [0.1, 0.15) is 13.1 Å². The topological polar surface area (TPSA) is 52.6 Å². The summed E-state index contributed by atoms with van der Waals surface area (Å²) >= 11 is 0. The summed E-state index contributed by atoms with van der Waals surface area (Å²) in [5.41, 5.74) is 0. The number of rotatable bonds is 19. The van der Waals surface area contributed by atoms with E-state index in [9.17, 15) is 9.59 Å². The van der Waals surface area contributed by atoms with Gasteiger partial charge in [-0.1, -0.05) is 65.2 Å². The summed E-state index contributed by atoms with van der Waals surface area (Å²) in [6.07, 6.45) is 11.5. The molecule has 0 N–H and O–H groups in total. The van der Waals surface area contributed by atoms with Crippen LogP contribution >= 0.6 is 0 Å². The minimum atomic E-state index is -0.136. The Hall–Kier alpha value is -1.14. The van der Waals surface area contributed by atoms with Gasteiger partial charge in [-0.2, -0.15) is 0 Å². The number of hydrogen-bond acceptors (Lipinski definition) is 4. The third-order valence-corrected chi connectivity index (χ3v) is 5.45. The first-order valence-corrected chi connectivity index (χ1v) is 12.1. The molecule has 0 atom stereocenters. The monoisotopic (exact) mass is 430 g/mol. The zero-order valence-corrected chi connectivity index (χ0v) is 20.8. The van der Waals surface area contributed by atoms with E-state index in [0.29, 0.717) is 35.3 Å². The highest BCUT2D eigenvalue weighted by molar-refractivity contribution is 5.70. The van der Waals surface area contributed by atoms with E-state index in [0.717, 1.165) is 38.8 Å². The normalized spacial score (nSPS) is 12.1. The lowest BCUT2D eigenvalue weighted by Gasteiger charge is -2.34. The summed E-state index contributed by atoms with van der Waals surface area (Å²) < 4.78 is 11.9. The molecule has 0 unspecified atom stereocenters. The second kappa shape index (κ2) is 16.5. The molecule has 0 saturated carbocycles. The number of likely N-dealkylation sites (N-methyl/N-ethyl adjacent to an activating group) is 2. The van der Waals surface area contributed by atoms with Crippen molar-refractivity contribution >= 4 is 11.9 Å². The third-order valence-electron chi connectivity index (χ3n) is 5.45. The fourth-order valence-corrected chi connectivity index (χ4v) is 3.27. The minimum absolute atomic E-state index is 0.136. The zero-order chi connectivity index (χ0) is 22.9. The van der Waals surface area contributed by atoms with E-state index >= 15 is 0 Å². The van der Waals surface area contributed by atoms with E-state index in [-0.39, 0.29) is 11.9 Å². The maximum absolute atomic E-state index is 12.1. The predicted molar refractivity (Wildman–Crippen MR) is 123 cm³/mol. The first-order valence-electron chi connectivity index (χ1n) is 12.1. The Morgan fingerprint density at radius 2 is 0.900 bits per heavy atom. The lowest BCUT2D eigenvalue weighted by atomic mass is 10.2. The van der Waals surface area contributed by atoms with Crippen LogP contribution in [-0.2, 0) is 19.1 Å². The molecule has 0 radical (unpaired) electrons. The summed E-state index contributed by atoms with van der Waals surface area (Å²) in [6.45, 7) is 7.74. The molecule has 6 nitrogen and oxygen atoms in total. The summed E-state index contributed by atoms with van der Waals surface area (Å²) in [6, 6.07) is 0. The summed E-state index contributed by atoms with van der Waals surface area (Å²) in [5, 5.41) is 0. The Kier molecular flexibility index (Phi) is 15.9. The van der Waals surface area contributed by atoms with Crippen molar-refractivity contribution in [3.8, 4) is 0 Å². The standard InChI is InChI=1S/C24H50N2O4/c1-7-9-11-13-15-19-29-23(27)21-25(3,4)17-18-26(5,6)22-24(28)30-20-16-14-12-10-8-2/h7-22H2,1-6H3/q+2. The van der Waals surface area contributed by atoms with Gasteiger partial charge in [0.15, 0.2) is 13.1 Å². The molecule has 0 heterocycles. The van der Waals surface area contributed by atoms with Crippen LogP contribution in [0.15, 0.2) is 0 Å². The van der Waals surface area contributed by atoms with Crippen LogP contribution in [-0.4, -0.2) is 88.5 Å². The molecular formula is C24H50N2O4+2. The Labute approximate surface area is 186 Å². The lowest BCUT2D eigenvalue weighted by molar-refractivity contribution is -0.939. The van der Waals surface area contributed by atoms with Crippen molar-refractivity contribution in [1.29, 1.82) is 0 Å². The van der Waals surface area contributed by atoms with Crippen molar-refractivity contribution in [1.82, 2.24) is 0 Å². The smallest absolute Gasteiger partial charge is 0.361 e. The largest absolute Gasteiger partial charge is 0.462 e. The molecule has 6 heteroatoms. The van der Waals surface area contributed by atoms with Gasteiger partial charge in [-0.25, -0.2) is 9.59 Å². The summed E-state index contributed by atoms with van der Waals surface area (Å²) in [4.78, 5) is 24.3. The van der Waals surface area contributed by atoms with Crippen LogP contribution in [0.5, 0.6) is 0 Å². The molecule has 0 aromatic heterocycles. The van der Waals surface area contributed by atoms with Gasteiger partial charge in [0.2, 0.25) is 0 Å². The van der Waals surface area contributed by atoms with Gasteiger partial charge in [0.25, 0.3) is 0 Å². The number of ether oxygens (including phenoxy) is 2. The van der Waals surface area contributed by atoms with Gasteiger partial charge in [-0.3, -0.25) is 0 Å². The number of unbranched alkanes of at least 4 members (excludes halogenated alkanes) is 8. The van der Waals surface area contributed by atoms with Crippen LogP contribution in [0.1, 0.15) is 78.1 Å². The highest BCUT2D eigenvalue weighted by Gasteiger charge is 2.28. The Balaban J connectivity index is 4.05. The molecule has 0 saturated heterocycles. The molecule has 0 rings (SSSR count). The summed E-state index contributed by atoms with van der Waals surface area (Å²) in [7, 11) is 8.16. The quantitative estimate of drug-likeness (QED) is 0.175. The SMILES string of the molecule is CCCCCCCOC(=O)C[N+](C)(C)CC[N+](C)(C)CC(=O)OCCCCCCC. The van der Waals surface area contributed by atoms with E-state index < -0.39 is 0 Å². The average molecular weight is 431 g/mol. The molecule has 0 aliphatic rings. The molecule has 0 aliphatic heterocycles. The maximum Gasteiger partial charge on any atom is 0.361 e. The number of hydrogen-bond donors (Lipinski definition) is 0. The molecule has 0 bridgehead atoms. The van der Waals surface area contributed by atoms with Crippen molar-refractivity contribution < 1.29 is 28.0 Å². The van der Waals surface area contributed by atoms with E-state index in [1.807, 2.05) is 28.2 Å². The van der Waals surface area contributed by atoms with E-state index in [1.165, 1.54) is 38.5 Å². The average Bonchev–Trinajstić information content (AvgIpc) is 2.65. The highest BCUT2D eigenvalue weighted by atomic mass is 16.5. The molecule has 178 valence electrons. The molecular weight excluding hydrogens is 380 g/mol. The van der Waals surface area contributed by atoms with Crippen LogP contribution in [0.3, 0.4) is 0 Å². The number of esters is 2. The number of nitrogens with zero attached hydrogens (tertiary/aromatic N) is 2. The van der Waals surface area contributed by atoms with E-state index in [1.54, 1.807) is 0 Å². The van der Waals surface area contributed by atoms with Gasteiger partial charge in [-0.05, 0) is 12.8 Å². The van der Waals surface area contributed by atoms with Crippen molar-refractivity contribution in [3.05, 3.63) is 0 Å². The second-order valence-electron chi connectivity index (χ2n) is 9.90. The Morgan fingerprint density at radius 3 is 1.23 bits per heavy atom. The molecule has 0 amide bonds. The van der Waals surface area contributed by atoms with Gasteiger partial charge in [0, 0.05) is 0 Å². The third kappa shape index (κ3) is 17.7. The Bertz CT molecular complexity index is 422. The molecule has 30 heavy (non-hydrogen) atoms. The van der Waals surface area contributed by atoms with Crippen molar-refractivity contribution in [2.75, 3.05) is 67.6 Å². The Morgan fingerprint density at radius 1 is 0.567 bits per heavy atom. The fraction of sp³-hybridized carbons (Fsp3) is 0.917. The maximum atomic E-state index is 12.1. The van der Waals surface area contributed by atoms with Gasteiger partial charge in [0.05, 0.1) is 41.4 Å². The van der Waals surface area contributed by atoms with Gasteiger partial charge in [-0.15, -0.1) is 0 Å². The van der Waals surface area contributed by atoms with Crippen molar-refractivity contribution in [2.24, 2.45) is 0 Å². The van der Waals surface area contributed by atoms with Crippen LogP contribution in [0.4, 0.5) is 0 Å². The van der Waals surface area contributed by atoms with Crippen molar-refractivity contribution in [2.45, 2.75) is 78.1 Å². The predicted octanol–water partition coefficient (Wildman–Crippen LogP) is 4.17. The molecule has 0 spiro atoms. The number of quaternary nitrogens is 2. The van der Waals surface area contributed by atoms with Gasteiger partial charge >= 0.3 is 11.9 Å². The van der Waals surface area contributed by atoms with E-state index in [2.05, 4.69) is 13.8 Å². The lowest BCUT2D eigenvalue weighted by Crippen LogP contribution is -2.54. The van der Waals surface area contributed by atoms with Crippen LogP contribution in [0, 0.1) is 0 Å². The van der Waals surface area contributed by atoms with Gasteiger partial charge < -0.3 is 18.4 Å². The molecule has 0 fully saturated rings. The van der Waals surface area contributed by atoms with Crippen LogP contribution in [0.25, 0.3) is 0 Å². The first-order chi connectivity index (χ1) is 14.1. The van der Waals surface area contributed by atoms with E-state index in [4.69, 9.17) is 9.47 Å². The summed E-state index contributed by atoms with van der Waals surface area (Å²) in [5.74, 6) is -0.272.